The molecule has 2 heterocycles. The topological polar surface area (TPSA) is 75.4 Å². The molecule has 1 unspecified atom stereocenters. The third-order valence-corrected chi connectivity index (χ3v) is 4.67. The second-order valence-corrected chi connectivity index (χ2v) is 6.39. The van der Waals surface area contributed by atoms with Crippen molar-refractivity contribution in [1.29, 1.82) is 0 Å². The van der Waals surface area contributed by atoms with Crippen molar-refractivity contribution < 1.29 is 9.13 Å². The zero-order valence-corrected chi connectivity index (χ0v) is 17.1. The summed E-state index contributed by atoms with van der Waals surface area (Å²) >= 11 is 0. The maximum absolute atomic E-state index is 13.4. The molecule has 0 spiro atoms. The predicted octanol–water partition coefficient (Wildman–Crippen LogP) is 3.90. The van der Waals surface area contributed by atoms with Crippen LogP contribution >= 0.6 is 24.0 Å². The summed E-state index contributed by atoms with van der Waals surface area (Å²) in [5.74, 6) is 1.07. The number of nitrogens with zero attached hydrogens (tertiary/aromatic N) is 1. The fraction of sp³-hybridized carbons (Fsp3) is 0.250. The Hall–Kier alpha value is -2.29. The molecule has 0 amide bonds. The molecule has 27 heavy (non-hydrogen) atoms. The molecule has 4 rings (SSSR count). The molecule has 4 N–H and O–H groups in total. The van der Waals surface area contributed by atoms with E-state index in [1.54, 1.807) is 12.1 Å². The van der Waals surface area contributed by atoms with Crippen molar-refractivity contribution in [3.8, 4) is 5.75 Å². The van der Waals surface area contributed by atoms with Crippen LogP contribution in [-0.4, -0.2) is 24.1 Å². The molecule has 5 nitrogen and oxygen atoms in total. The Morgan fingerprint density at radius 3 is 3.04 bits per heavy atom. The van der Waals surface area contributed by atoms with Crippen LogP contribution in [0.3, 0.4) is 0 Å². The minimum Gasteiger partial charge on any atom is -0.493 e. The molecule has 3 aromatic rings. The van der Waals surface area contributed by atoms with E-state index in [1.807, 2.05) is 30.5 Å². The van der Waals surface area contributed by atoms with Crippen LogP contribution in [0.2, 0.25) is 0 Å². The highest BCUT2D eigenvalue weighted by Crippen LogP contribution is 2.31. The van der Waals surface area contributed by atoms with Crippen LogP contribution in [0.5, 0.6) is 5.75 Å². The van der Waals surface area contributed by atoms with Gasteiger partial charge in [-0.15, -0.1) is 24.0 Å². The Morgan fingerprint density at radius 2 is 2.15 bits per heavy atom. The van der Waals surface area contributed by atoms with E-state index in [4.69, 9.17) is 10.5 Å². The second-order valence-electron chi connectivity index (χ2n) is 6.39. The van der Waals surface area contributed by atoms with E-state index in [-0.39, 0.29) is 35.8 Å². The fourth-order valence-electron chi connectivity index (χ4n) is 3.37. The first kappa shape index (κ1) is 19.5. The van der Waals surface area contributed by atoms with Gasteiger partial charge in [-0.3, -0.25) is 4.99 Å². The number of para-hydroxylation sites is 1. The van der Waals surface area contributed by atoms with Gasteiger partial charge in [-0.1, -0.05) is 18.2 Å². The number of aliphatic imine (C=N–C) groups is 1. The maximum Gasteiger partial charge on any atom is 0.189 e. The van der Waals surface area contributed by atoms with Crippen molar-refractivity contribution in [2.45, 2.75) is 18.9 Å². The fourth-order valence-corrected chi connectivity index (χ4v) is 3.37. The highest BCUT2D eigenvalue weighted by atomic mass is 127. The van der Waals surface area contributed by atoms with E-state index < -0.39 is 0 Å². The SMILES string of the molecule is I.NC(=NCCc1c[nH]c2ccc(F)cc12)NC1CCOc2ccccc21. The molecule has 142 valence electrons. The van der Waals surface area contributed by atoms with Gasteiger partial charge in [0, 0.05) is 35.6 Å². The molecule has 0 saturated heterocycles. The number of hydrogen-bond acceptors (Lipinski definition) is 2. The number of ether oxygens (including phenoxy) is 1. The number of fused-ring (bicyclic) bond motifs is 2. The zero-order chi connectivity index (χ0) is 17.9. The normalized spacial score (nSPS) is 16.3. The Morgan fingerprint density at radius 1 is 1.30 bits per heavy atom. The summed E-state index contributed by atoms with van der Waals surface area (Å²) in [6.45, 7) is 1.19. The lowest BCUT2D eigenvalue weighted by Crippen LogP contribution is -2.37. The van der Waals surface area contributed by atoms with E-state index >= 15 is 0 Å². The number of aromatic nitrogens is 1. The number of hydrogen-bond donors (Lipinski definition) is 3. The van der Waals surface area contributed by atoms with Gasteiger partial charge in [0.2, 0.25) is 0 Å². The highest BCUT2D eigenvalue weighted by Gasteiger charge is 2.21. The molecule has 0 aliphatic carbocycles. The first-order valence-corrected chi connectivity index (χ1v) is 8.74. The van der Waals surface area contributed by atoms with Crippen LogP contribution < -0.4 is 15.8 Å². The van der Waals surface area contributed by atoms with Crippen LogP contribution in [0.1, 0.15) is 23.6 Å². The van der Waals surface area contributed by atoms with Gasteiger partial charge >= 0.3 is 0 Å². The smallest absolute Gasteiger partial charge is 0.189 e. The summed E-state index contributed by atoms with van der Waals surface area (Å²) in [6.07, 6.45) is 3.43. The van der Waals surface area contributed by atoms with E-state index in [0.717, 1.165) is 34.2 Å². The van der Waals surface area contributed by atoms with Crippen LogP contribution in [0.4, 0.5) is 4.39 Å². The predicted molar refractivity (Wildman–Crippen MR) is 116 cm³/mol. The molecule has 0 radical (unpaired) electrons. The Balaban J connectivity index is 0.00000210. The van der Waals surface area contributed by atoms with Crippen molar-refractivity contribution >= 4 is 40.8 Å². The number of nitrogens with two attached hydrogens (primary N) is 1. The lowest BCUT2D eigenvalue weighted by molar-refractivity contribution is 0.262. The lowest BCUT2D eigenvalue weighted by Gasteiger charge is -2.26. The maximum atomic E-state index is 13.4. The minimum atomic E-state index is -0.235. The van der Waals surface area contributed by atoms with Crippen molar-refractivity contribution in [2.75, 3.05) is 13.2 Å². The molecule has 1 atom stereocenters. The first-order chi connectivity index (χ1) is 12.7. The van der Waals surface area contributed by atoms with Crippen molar-refractivity contribution in [3.63, 3.8) is 0 Å². The molecule has 1 aliphatic rings. The van der Waals surface area contributed by atoms with Crippen molar-refractivity contribution in [1.82, 2.24) is 10.3 Å². The molecule has 1 aromatic heterocycles. The average Bonchev–Trinajstić information content (AvgIpc) is 3.04. The second kappa shape index (κ2) is 8.60. The molecule has 0 bridgehead atoms. The van der Waals surface area contributed by atoms with Gasteiger partial charge in [-0.2, -0.15) is 0 Å². The first-order valence-electron chi connectivity index (χ1n) is 8.74. The zero-order valence-electron chi connectivity index (χ0n) is 14.7. The monoisotopic (exact) mass is 480 g/mol. The number of H-pyrrole nitrogens is 1. The summed E-state index contributed by atoms with van der Waals surface area (Å²) in [4.78, 5) is 7.58. The lowest BCUT2D eigenvalue weighted by atomic mass is 10.0. The largest absolute Gasteiger partial charge is 0.493 e. The molecule has 0 saturated carbocycles. The van der Waals surface area contributed by atoms with Gasteiger partial charge in [0.15, 0.2) is 5.96 Å². The highest BCUT2D eigenvalue weighted by molar-refractivity contribution is 14.0. The molecular weight excluding hydrogens is 458 g/mol. The van der Waals surface area contributed by atoms with E-state index in [0.29, 0.717) is 25.5 Å². The number of rotatable bonds is 4. The summed E-state index contributed by atoms with van der Waals surface area (Å²) in [6, 6.07) is 12.8. The van der Waals surface area contributed by atoms with Gasteiger partial charge in [0.05, 0.1) is 12.6 Å². The average molecular weight is 480 g/mol. The Labute approximate surface area is 174 Å². The van der Waals surface area contributed by atoms with Crippen LogP contribution in [0.15, 0.2) is 53.7 Å². The molecule has 0 fully saturated rings. The standard InChI is InChI=1S/C20H21FN4O.HI/c21-14-5-6-17-16(11-14)13(12-24-17)7-9-23-20(22)25-18-8-10-26-19-4-2-1-3-15(18)19;/h1-6,11-12,18,24H,7-10H2,(H3,22,23,25);1H. The van der Waals surface area contributed by atoms with Crippen molar-refractivity contribution in [3.05, 3.63) is 65.6 Å². The third kappa shape index (κ3) is 4.35. The summed E-state index contributed by atoms with van der Waals surface area (Å²) in [5.41, 5.74) is 9.13. The summed E-state index contributed by atoms with van der Waals surface area (Å²) < 4.78 is 19.1. The number of benzene rings is 2. The molecule has 2 aromatic carbocycles. The van der Waals surface area contributed by atoms with Crippen LogP contribution in [-0.2, 0) is 6.42 Å². The van der Waals surface area contributed by atoms with Crippen LogP contribution in [0, 0.1) is 5.82 Å². The van der Waals surface area contributed by atoms with Gasteiger partial charge in [-0.25, -0.2) is 4.39 Å². The number of aromatic amines is 1. The van der Waals surface area contributed by atoms with Crippen LogP contribution in [0.25, 0.3) is 10.9 Å². The number of nitrogens with one attached hydrogen (secondary N) is 2. The third-order valence-electron chi connectivity index (χ3n) is 4.67. The summed E-state index contributed by atoms with van der Waals surface area (Å²) in [5, 5.41) is 4.17. The molecule has 1 aliphatic heterocycles. The van der Waals surface area contributed by atoms with Gasteiger partial charge in [0.1, 0.15) is 11.6 Å². The Bertz CT molecular complexity index is 956. The van der Waals surface area contributed by atoms with Gasteiger partial charge in [0.25, 0.3) is 0 Å². The van der Waals surface area contributed by atoms with E-state index in [9.17, 15) is 4.39 Å². The quantitative estimate of drug-likeness (QED) is 0.301. The van der Waals surface area contributed by atoms with E-state index in [2.05, 4.69) is 15.3 Å². The van der Waals surface area contributed by atoms with Gasteiger partial charge < -0.3 is 20.8 Å². The summed E-state index contributed by atoms with van der Waals surface area (Å²) in [7, 11) is 0. The number of guanidine groups is 1. The van der Waals surface area contributed by atoms with Crippen molar-refractivity contribution in [2.24, 2.45) is 10.7 Å². The number of halogens is 2. The minimum absolute atomic E-state index is 0. The molecular formula is C20H22FIN4O. The van der Waals surface area contributed by atoms with E-state index in [1.165, 1.54) is 6.07 Å². The molecule has 7 heteroatoms. The van der Waals surface area contributed by atoms with Gasteiger partial charge in [-0.05, 0) is 36.2 Å². The Kier molecular flexibility index (Phi) is 6.20.